The summed E-state index contributed by atoms with van der Waals surface area (Å²) in [7, 11) is 0. The smallest absolute Gasteiger partial charge is 0.335 e. The number of rotatable bonds is 32. The Bertz CT molecular complexity index is 2890. The molecule has 1 aromatic rings. The largest absolute Gasteiger partial charge is 0.829 e. The maximum Gasteiger partial charge on any atom is 0.335 e. The highest BCUT2D eigenvalue weighted by Crippen LogP contribution is 2.38. The molecule has 558 valence electrons. The van der Waals surface area contributed by atoms with Gasteiger partial charge >= 0.3 is 17.9 Å². The van der Waals surface area contributed by atoms with Gasteiger partial charge in [0.05, 0.1) is 32.5 Å². The third kappa shape index (κ3) is 17.5. The van der Waals surface area contributed by atoms with E-state index in [0.717, 1.165) is 4.90 Å². The zero-order chi connectivity index (χ0) is 72.5. The highest BCUT2D eigenvalue weighted by atomic mass is 16.8. The van der Waals surface area contributed by atoms with E-state index in [-0.39, 0.29) is 50.4 Å². The highest BCUT2D eigenvalue weighted by molar-refractivity contribution is 5.77. The zero-order valence-electron chi connectivity index (χ0n) is 53.2. The average molecular weight is 1420 g/mol. The van der Waals surface area contributed by atoms with Gasteiger partial charge in [-0.3, -0.25) is 24.0 Å². The molecule has 7 rings (SSSR count). The van der Waals surface area contributed by atoms with E-state index < -0.39 is 257 Å². The van der Waals surface area contributed by atoms with Gasteiger partial charge in [0.2, 0.25) is 17.7 Å². The van der Waals surface area contributed by atoms with Crippen LogP contribution in [-0.4, -0.2) is 346 Å². The first-order chi connectivity index (χ1) is 46.4. The van der Waals surface area contributed by atoms with Crippen LogP contribution in [0.15, 0.2) is 9.59 Å². The lowest BCUT2D eigenvalue weighted by atomic mass is 9.93. The molecule has 0 radical (unpaired) electrons. The van der Waals surface area contributed by atoms with Gasteiger partial charge in [-0.2, -0.15) is 0 Å². The van der Waals surface area contributed by atoms with Gasteiger partial charge < -0.3 is 165 Å². The molecule has 6 aliphatic rings. The minimum atomic E-state index is -2.55. The van der Waals surface area contributed by atoms with E-state index in [4.69, 9.17) is 56.8 Å². The number of carboxylic acid groups (broad SMARTS) is 3. The molecule has 0 spiro atoms. The van der Waals surface area contributed by atoms with Crippen LogP contribution in [0.25, 0.3) is 0 Å². The Hall–Kier alpha value is -5.50. The summed E-state index contributed by atoms with van der Waals surface area (Å²) in [6, 6.07) is -5.80. The molecule has 0 aromatic heterocycles. The number of aliphatic hydroxyl groups excluding tert-OH is 13. The van der Waals surface area contributed by atoms with Crippen LogP contribution >= 0.6 is 0 Å². The van der Waals surface area contributed by atoms with Gasteiger partial charge in [0.1, 0.15) is 128 Å². The number of carbonyl (C=O) groups is 6. The van der Waals surface area contributed by atoms with Crippen LogP contribution in [0.2, 0.25) is 0 Å². The molecule has 6 heterocycles. The van der Waals surface area contributed by atoms with E-state index >= 15 is 0 Å². The Morgan fingerprint density at radius 2 is 0.867 bits per heavy atom. The molecule has 6 fully saturated rings. The number of nitrogens with zero attached hydrogens (tertiary/aromatic N) is 1. The van der Waals surface area contributed by atoms with Crippen molar-refractivity contribution in [3.05, 3.63) is 20.4 Å². The summed E-state index contributed by atoms with van der Waals surface area (Å²) in [4.78, 5) is 103. The maximum atomic E-state index is 13.9. The lowest BCUT2D eigenvalue weighted by molar-refractivity contribution is -0.528. The molecule has 41 nitrogen and oxygen atoms in total. The number of hydrogen-bond donors (Lipinski definition) is 19. The van der Waals surface area contributed by atoms with Crippen molar-refractivity contribution in [2.24, 2.45) is 0 Å². The van der Waals surface area contributed by atoms with Crippen molar-refractivity contribution in [2.45, 2.75) is 257 Å². The fraction of sp³-hybridized carbons (Fsp3) is 0.825. The summed E-state index contributed by atoms with van der Waals surface area (Å²) in [5.41, 5.74) is -1.43. The number of carbonyl (C=O) groups excluding carboxylic acids is 3. The molecule has 41 heteroatoms. The standard InChI is InChI=1S/C57H87N4O37/c1-5-21(65)59-25-41(91-55-37(77)32(72)34(74)46(96-55)49(80)81)28(68)19(16-63)89-53(25)94-44-35(75)38(78)56(97-47(44)50(82)83)92-42-26(60-22(66)6-2)54(90-20(17-64)29(42)69)95-45-36(76)39(79)57(98-48(45)51(84)85)93-43-27(52(86)88-18(15-62)30(43)70)61(23(67)7-3)14-12-10-9-11-13-58-24-31(71)33(73)40(24)87-8-4/h18-20,25-30,32,34-39,41-48,52-58,62-64,68-70,72,74-79H,5-17H2,1-4H3,(H,59,65)(H,60,66)(H,80,81)(H,82,83)(H,84,85)/q-1/t18-,19-,20-,25-,26-,27-,28-,29-,30-,32+,34+,35-,36-,37-,38-,39-,41-,42-,43-,44+,45+,46+,47+,48+,52-,53+,54+,55-,56-,57-/m1/s1. The number of carboxylic acids is 3. The average Bonchev–Trinajstić information content (AvgIpc) is 0.803. The second kappa shape index (κ2) is 35.4. The van der Waals surface area contributed by atoms with Crippen molar-refractivity contribution in [1.29, 1.82) is 0 Å². The van der Waals surface area contributed by atoms with Crippen LogP contribution in [0, 0.1) is 0 Å². The molecule has 98 heavy (non-hydrogen) atoms. The molecule has 0 unspecified atom stereocenters. The molecule has 1 aromatic carbocycles. The van der Waals surface area contributed by atoms with Crippen molar-refractivity contribution in [1.82, 2.24) is 15.5 Å². The molecule has 30 atom stereocenters. The minimum absolute atomic E-state index is 0.0471. The summed E-state index contributed by atoms with van der Waals surface area (Å²) < 4.78 is 68.0. The summed E-state index contributed by atoms with van der Waals surface area (Å²) in [5, 5.41) is 197. The predicted molar refractivity (Wildman–Crippen MR) is 310 cm³/mol. The molecule has 0 aliphatic carbocycles. The first-order valence-corrected chi connectivity index (χ1v) is 31.7. The van der Waals surface area contributed by atoms with E-state index in [0.29, 0.717) is 19.3 Å². The second-order valence-electron chi connectivity index (χ2n) is 23.8. The van der Waals surface area contributed by atoms with Crippen molar-refractivity contribution in [2.75, 3.05) is 44.8 Å². The second-order valence-corrected chi connectivity index (χ2v) is 23.8. The molecular weight excluding hydrogens is 1330 g/mol. The van der Waals surface area contributed by atoms with Crippen molar-refractivity contribution < 1.29 is 172 Å². The van der Waals surface area contributed by atoms with Gasteiger partial charge in [-0.15, -0.1) is 0 Å². The normalized spacial score (nSPS) is 39.9. The quantitative estimate of drug-likeness (QED) is 0.0235. The number of nitrogens with one attached hydrogen (secondary N) is 3. The zero-order valence-corrected chi connectivity index (χ0v) is 53.2. The predicted octanol–water partition coefficient (Wildman–Crippen LogP) is -11.5. The third-order valence-corrected chi connectivity index (χ3v) is 17.4. The van der Waals surface area contributed by atoms with Gasteiger partial charge in [-0.05, 0) is 19.8 Å². The van der Waals surface area contributed by atoms with E-state index in [1.54, 1.807) is 6.92 Å². The number of aliphatic carboxylic acids is 3. The number of aliphatic hydroxyl groups is 13. The SMILES string of the molecule is CCOc1c(NCCCCCCN(C(=O)CC)[C@@H]2[C@@H](O[C@@H]3O[C@H](C(=O)O)[C@@H](O[C@@H]4O[C@H](CO)[C@@H](O)[C@H](O[C@@H]5O[C@H](C(=O)O)[C@@H](O[C@@H]6O[C@H](CO)[C@@H](O)[C@H](O[C@@H]7O[C@H](C(=O)O)[C@@H](O)[C@H](O)[C@H]7O)[C@H]6NC(=O)CC)[C@H](O)[C@H]5O)[C@H]4NC(=O)CC)[C@H](O)[C@H]3O)[C@H](O)[C@@H](CO)O[C@H]2[O-])c(=O)c1=O. The monoisotopic (exact) mass is 1420 g/mol. The Morgan fingerprint density at radius 1 is 0.459 bits per heavy atom. The molecule has 0 bridgehead atoms. The van der Waals surface area contributed by atoms with E-state index in [1.807, 2.05) is 0 Å². The fourth-order valence-corrected chi connectivity index (χ4v) is 12.1. The third-order valence-electron chi connectivity index (χ3n) is 17.4. The number of hydrogen-bond acceptors (Lipinski definition) is 35. The van der Waals surface area contributed by atoms with Crippen LogP contribution < -0.4 is 36.7 Å². The number of amides is 3. The van der Waals surface area contributed by atoms with Crippen LogP contribution in [0.3, 0.4) is 0 Å². The van der Waals surface area contributed by atoms with E-state index in [2.05, 4.69) is 16.0 Å². The highest BCUT2D eigenvalue weighted by Gasteiger charge is 2.60. The first kappa shape index (κ1) is 79.8. The fourth-order valence-electron chi connectivity index (χ4n) is 12.1. The Labute approximate surface area is 555 Å². The molecule has 19 N–H and O–H groups in total. The lowest BCUT2D eigenvalue weighted by Gasteiger charge is -2.53. The molecule has 6 saturated heterocycles. The van der Waals surface area contributed by atoms with Crippen molar-refractivity contribution >= 4 is 41.3 Å². The van der Waals surface area contributed by atoms with Crippen LogP contribution in [-0.2, 0) is 80.9 Å². The first-order valence-electron chi connectivity index (χ1n) is 31.7. The van der Waals surface area contributed by atoms with Crippen LogP contribution in [0.1, 0.15) is 72.6 Å². The Balaban J connectivity index is 1.10. The summed E-state index contributed by atoms with van der Waals surface area (Å²) in [6.07, 6.45) is -60.2. The van der Waals surface area contributed by atoms with Gasteiger partial charge in [-0.1, -0.05) is 33.6 Å². The summed E-state index contributed by atoms with van der Waals surface area (Å²) >= 11 is 0. The number of ether oxygens (including phenoxy) is 12. The van der Waals surface area contributed by atoms with Gasteiger partial charge in [-0.25, -0.2) is 14.4 Å². The van der Waals surface area contributed by atoms with Crippen molar-refractivity contribution in [3.8, 4) is 5.75 Å². The maximum absolute atomic E-state index is 13.9. The summed E-state index contributed by atoms with van der Waals surface area (Å²) in [6.45, 7) is 2.64. The minimum Gasteiger partial charge on any atom is -0.829 e. The van der Waals surface area contributed by atoms with Gasteiger partial charge in [0, 0.05) is 38.6 Å². The lowest BCUT2D eigenvalue weighted by Crippen LogP contribution is -2.72. The molecule has 3 amide bonds. The topological polar surface area (TPSA) is 633 Å². The summed E-state index contributed by atoms with van der Waals surface area (Å²) in [5.74, 6) is -8.43. The van der Waals surface area contributed by atoms with Gasteiger partial charge in [0.15, 0.2) is 55.5 Å². The Kier molecular flexibility index (Phi) is 28.8. The number of anilines is 1. The van der Waals surface area contributed by atoms with Gasteiger partial charge in [0.25, 0.3) is 10.9 Å². The molecular formula is C57H87N4O37-. The molecule has 0 saturated carbocycles. The number of unbranched alkanes of at least 4 members (excludes halogenated alkanes) is 3. The Morgan fingerprint density at radius 3 is 1.30 bits per heavy atom. The van der Waals surface area contributed by atoms with Crippen LogP contribution in [0.4, 0.5) is 5.69 Å². The van der Waals surface area contributed by atoms with E-state index in [9.17, 15) is 125 Å². The molecule has 6 aliphatic heterocycles. The van der Waals surface area contributed by atoms with E-state index in [1.165, 1.54) is 20.8 Å². The van der Waals surface area contributed by atoms with Crippen LogP contribution in [0.5, 0.6) is 5.75 Å². The van der Waals surface area contributed by atoms with Crippen molar-refractivity contribution in [3.63, 3.8) is 0 Å².